The Labute approximate surface area is 122 Å². The molecule has 0 spiro atoms. The number of nitrogens with zero attached hydrogens (tertiary/aromatic N) is 1. The lowest BCUT2D eigenvalue weighted by molar-refractivity contribution is 0.0978. The van der Waals surface area contributed by atoms with E-state index < -0.39 is 5.75 Å². The molecule has 2 aromatic carbocycles. The highest BCUT2D eigenvalue weighted by molar-refractivity contribution is 6.09. The van der Waals surface area contributed by atoms with Crippen molar-refractivity contribution in [2.24, 2.45) is 0 Å². The van der Waals surface area contributed by atoms with Gasteiger partial charge in [-0.3, -0.25) is 4.79 Å². The molecule has 1 atom stereocenters. The van der Waals surface area contributed by atoms with Gasteiger partial charge in [0.25, 0.3) is 5.91 Å². The number of anilines is 2. The van der Waals surface area contributed by atoms with Crippen molar-refractivity contribution in [3.8, 4) is 11.5 Å². The number of para-hydroxylation sites is 1. The van der Waals surface area contributed by atoms with E-state index in [1.54, 1.807) is 11.0 Å². The third kappa shape index (κ3) is 2.07. The monoisotopic (exact) mass is 284 g/mol. The molecule has 1 aliphatic heterocycles. The Kier molecular flexibility index (Phi) is 2.97. The number of carbonyl (C=O) groups is 1. The Bertz CT molecular complexity index is 727. The summed E-state index contributed by atoms with van der Waals surface area (Å²) in [6.45, 7) is 1.94. The summed E-state index contributed by atoms with van der Waals surface area (Å²) in [7, 11) is 0. The van der Waals surface area contributed by atoms with Gasteiger partial charge in [0, 0.05) is 17.4 Å². The number of hydrogen-bond donors (Lipinski definition) is 3. The molecule has 1 aliphatic rings. The van der Waals surface area contributed by atoms with Crippen LogP contribution in [-0.2, 0) is 6.42 Å². The number of carbonyl (C=O) groups excluding carboxylic acids is 1. The van der Waals surface area contributed by atoms with Gasteiger partial charge in [0.15, 0.2) is 11.5 Å². The molecular weight excluding hydrogens is 268 g/mol. The van der Waals surface area contributed by atoms with Gasteiger partial charge in [-0.25, -0.2) is 0 Å². The van der Waals surface area contributed by atoms with Crippen LogP contribution < -0.4 is 10.6 Å². The summed E-state index contributed by atoms with van der Waals surface area (Å²) in [6, 6.07) is 9.77. The van der Waals surface area contributed by atoms with Gasteiger partial charge in [0.1, 0.15) is 0 Å². The minimum Gasteiger partial charge on any atom is -0.504 e. The van der Waals surface area contributed by atoms with E-state index in [4.69, 9.17) is 5.73 Å². The van der Waals surface area contributed by atoms with E-state index in [0.29, 0.717) is 12.1 Å². The molecule has 0 radical (unpaired) electrons. The molecule has 0 saturated carbocycles. The molecule has 1 amide bonds. The van der Waals surface area contributed by atoms with Gasteiger partial charge in [0.2, 0.25) is 0 Å². The standard InChI is InChI=1S/C16H16N2O3/c1-9-7-10-8-11(17)5-6-13(10)18(9)16(21)12-3-2-4-14(19)15(12)20/h2-6,8-9,19-20H,7,17H2,1H3. The molecule has 5 nitrogen and oxygen atoms in total. The first-order valence-electron chi connectivity index (χ1n) is 6.72. The topological polar surface area (TPSA) is 86.8 Å². The van der Waals surface area contributed by atoms with E-state index in [0.717, 1.165) is 11.3 Å². The maximum absolute atomic E-state index is 12.7. The Morgan fingerprint density at radius 1 is 1.29 bits per heavy atom. The number of hydrogen-bond acceptors (Lipinski definition) is 4. The number of aromatic hydroxyl groups is 2. The average Bonchev–Trinajstić information content (AvgIpc) is 2.76. The lowest BCUT2D eigenvalue weighted by Crippen LogP contribution is -2.35. The summed E-state index contributed by atoms with van der Waals surface area (Å²) < 4.78 is 0. The Morgan fingerprint density at radius 2 is 2.05 bits per heavy atom. The summed E-state index contributed by atoms with van der Waals surface area (Å²) in [5.74, 6) is -1.02. The zero-order valence-electron chi connectivity index (χ0n) is 11.6. The van der Waals surface area contributed by atoms with Gasteiger partial charge >= 0.3 is 0 Å². The molecule has 1 heterocycles. The number of amides is 1. The summed E-state index contributed by atoms with van der Waals surface area (Å²) in [5.41, 5.74) is 8.33. The van der Waals surface area contributed by atoms with E-state index in [1.165, 1.54) is 18.2 Å². The van der Waals surface area contributed by atoms with Gasteiger partial charge < -0.3 is 20.8 Å². The molecular formula is C16H16N2O3. The van der Waals surface area contributed by atoms with Crippen molar-refractivity contribution < 1.29 is 15.0 Å². The highest BCUT2D eigenvalue weighted by Gasteiger charge is 2.33. The SMILES string of the molecule is CC1Cc2cc(N)ccc2N1C(=O)c1cccc(O)c1O. The number of nitrogen functional groups attached to an aromatic ring is 1. The summed E-state index contributed by atoms with van der Waals surface area (Å²) >= 11 is 0. The average molecular weight is 284 g/mol. The number of fused-ring (bicyclic) bond motifs is 1. The van der Waals surface area contributed by atoms with Crippen molar-refractivity contribution in [1.29, 1.82) is 0 Å². The fourth-order valence-electron chi connectivity index (χ4n) is 2.79. The molecule has 0 bridgehead atoms. The van der Waals surface area contributed by atoms with Crippen LogP contribution in [0, 0.1) is 0 Å². The lowest BCUT2D eigenvalue weighted by Gasteiger charge is -2.23. The maximum Gasteiger partial charge on any atom is 0.262 e. The van der Waals surface area contributed by atoms with Crippen molar-refractivity contribution in [3.05, 3.63) is 47.5 Å². The second-order valence-corrected chi connectivity index (χ2v) is 5.29. The molecule has 2 aromatic rings. The van der Waals surface area contributed by atoms with Crippen LogP contribution in [0.4, 0.5) is 11.4 Å². The van der Waals surface area contributed by atoms with Crippen LogP contribution in [0.5, 0.6) is 11.5 Å². The first-order chi connectivity index (χ1) is 9.99. The van der Waals surface area contributed by atoms with Crippen molar-refractivity contribution in [2.45, 2.75) is 19.4 Å². The largest absolute Gasteiger partial charge is 0.504 e. The smallest absolute Gasteiger partial charge is 0.262 e. The summed E-state index contributed by atoms with van der Waals surface area (Å²) in [4.78, 5) is 14.3. The number of phenols is 2. The number of phenolic OH excluding ortho intramolecular Hbond substituents is 2. The zero-order chi connectivity index (χ0) is 15.1. The van der Waals surface area contributed by atoms with Crippen LogP contribution >= 0.6 is 0 Å². The van der Waals surface area contributed by atoms with Crippen LogP contribution in [0.15, 0.2) is 36.4 Å². The molecule has 5 heteroatoms. The molecule has 0 aliphatic carbocycles. The fraction of sp³-hybridized carbons (Fsp3) is 0.188. The highest BCUT2D eigenvalue weighted by atomic mass is 16.3. The van der Waals surface area contributed by atoms with Gasteiger partial charge in [-0.2, -0.15) is 0 Å². The van der Waals surface area contributed by atoms with E-state index >= 15 is 0 Å². The van der Waals surface area contributed by atoms with Crippen LogP contribution in [0.3, 0.4) is 0 Å². The third-order valence-corrected chi connectivity index (χ3v) is 3.78. The van der Waals surface area contributed by atoms with E-state index in [9.17, 15) is 15.0 Å². The predicted molar refractivity (Wildman–Crippen MR) is 80.6 cm³/mol. The number of rotatable bonds is 1. The second-order valence-electron chi connectivity index (χ2n) is 5.29. The van der Waals surface area contributed by atoms with Crippen molar-refractivity contribution in [2.75, 3.05) is 10.6 Å². The summed E-state index contributed by atoms with van der Waals surface area (Å²) in [6.07, 6.45) is 0.714. The molecule has 0 aromatic heterocycles. The first-order valence-corrected chi connectivity index (χ1v) is 6.72. The normalized spacial score (nSPS) is 16.8. The van der Waals surface area contributed by atoms with E-state index in [1.807, 2.05) is 19.1 Å². The molecule has 4 N–H and O–H groups in total. The minimum absolute atomic E-state index is 0.0314. The van der Waals surface area contributed by atoms with Crippen LogP contribution in [-0.4, -0.2) is 22.2 Å². The summed E-state index contributed by atoms with van der Waals surface area (Å²) in [5, 5.41) is 19.4. The third-order valence-electron chi connectivity index (χ3n) is 3.78. The Hall–Kier alpha value is -2.69. The number of benzene rings is 2. The first kappa shape index (κ1) is 13.3. The van der Waals surface area contributed by atoms with Gasteiger partial charge in [0.05, 0.1) is 5.56 Å². The van der Waals surface area contributed by atoms with Gasteiger partial charge in [-0.05, 0) is 49.2 Å². The van der Waals surface area contributed by atoms with Crippen LogP contribution in [0.2, 0.25) is 0 Å². The quantitative estimate of drug-likeness (QED) is 0.554. The Balaban J connectivity index is 2.05. The second kappa shape index (κ2) is 4.70. The molecule has 0 fully saturated rings. The lowest BCUT2D eigenvalue weighted by atomic mass is 10.1. The predicted octanol–water partition coefficient (Wildman–Crippen LogP) is 2.27. The van der Waals surface area contributed by atoms with Crippen LogP contribution in [0.25, 0.3) is 0 Å². The minimum atomic E-state index is -0.390. The van der Waals surface area contributed by atoms with Gasteiger partial charge in [-0.1, -0.05) is 6.07 Å². The molecule has 3 rings (SSSR count). The fourth-order valence-corrected chi connectivity index (χ4v) is 2.79. The molecule has 21 heavy (non-hydrogen) atoms. The van der Waals surface area contributed by atoms with E-state index in [2.05, 4.69) is 0 Å². The van der Waals surface area contributed by atoms with E-state index in [-0.39, 0.29) is 23.3 Å². The molecule has 108 valence electrons. The zero-order valence-corrected chi connectivity index (χ0v) is 11.6. The van der Waals surface area contributed by atoms with Crippen molar-refractivity contribution in [3.63, 3.8) is 0 Å². The van der Waals surface area contributed by atoms with Crippen LogP contribution in [0.1, 0.15) is 22.8 Å². The molecule has 1 unspecified atom stereocenters. The van der Waals surface area contributed by atoms with Gasteiger partial charge in [-0.15, -0.1) is 0 Å². The maximum atomic E-state index is 12.7. The highest BCUT2D eigenvalue weighted by Crippen LogP contribution is 2.37. The Morgan fingerprint density at radius 3 is 2.81 bits per heavy atom. The molecule has 0 saturated heterocycles. The van der Waals surface area contributed by atoms with Crippen molar-refractivity contribution in [1.82, 2.24) is 0 Å². The number of nitrogens with two attached hydrogens (primary N) is 1. The van der Waals surface area contributed by atoms with Crippen molar-refractivity contribution >= 4 is 17.3 Å².